The molecule has 0 heterocycles. The molecule has 10 heavy (non-hydrogen) atoms. The minimum atomic E-state index is 0.161. The van der Waals surface area contributed by atoms with Gasteiger partial charge in [0, 0.05) is 12.2 Å². The first kappa shape index (κ1) is 9.82. The van der Waals surface area contributed by atoms with E-state index in [1.54, 1.807) is 0 Å². The van der Waals surface area contributed by atoms with Crippen molar-refractivity contribution >= 4 is 17.9 Å². The summed E-state index contributed by atoms with van der Waals surface area (Å²) in [6.45, 7) is 4.10. The maximum absolute atomic E-state index is 10.8. The number of rotatable bonds is 5. The Hall–Kier alpha value is -0.180. The Balaban J connectivity index is 3.09. The largest absolute Gasteiger partial charge is 0.300 e. The second-order valence-electron chi connectivity index (χ2n) is 2.06. The summed E-state index contributed by atoms with van der Waals surface area (Å²) in [5, 5.41) is 0. The molecule has 1 N–H and O–H groups in total. The van der Waals surface area contributed by atoms with Gasteiger partial charge in [0.15, 0.2) is 0 Å². The Bertz CT molecular complexity index is 85.6. The molecular weight excluding hydrogens is 146 g/mol. The molecule has 0 aromatic rings. The van der Waals surface area contributed by atoms with Crippen molar-refractivity contribution in [2.75, 3.05) is 5.75 Å². The van der Waals surface area contributed by atoms with Crippen molar-refractivity contribution in [1.82, 2.24) is 4.72 Å². The maximum Gasteiger partial charge on any atom is 0.229 e. The van der Waals surface area contributed by atoms with Crippen molar-refractivity contribution in [2.45, 2.75) is 33.1 Å². The van der Waals surface area contributed by atoms with Crippen LogP contribution in [0.4, 0.5) is 0 Å². The maximum atomic E-state index is 10.8. The van der Waals surface area contributed by atoms with Crippen LogP contribution in [0.25, 0.3) is 0 Å². The van der Waals surface area contributed by atoms with Crippen molar-refractivity contribution < 1.29 is 4.79 Å². The molecule has 3 heteroatoms. The average molecular weight is 161 g/mol. The molecule has 0 aliphatic rings. The number of carbonyl (C=O) groups excluding carboxylic acids is 1. The zero-order valence-electron chi connectivity index (χ0n) is 6.64. The molecule has 0 aliphatic carbocycles. The second-order valence-corrected chi connectivity index (χ2v) is 3.13. The highest BCUT2D eigenvalue weighted by atomic mass is 32.2. The van der Waals surface area contributed by atoms with Gasteiger partial charge in [-0.15, -0.1) is 0 Å². The molecule has 0 radical (unpaired) electrons. The molecular formula is C7H15NOS. The fourth-order valence-electron chi connectivity index (χ4n) is 0.541. The van der Waals surface area contributed by atoms with E-state index >= 15 is 0 Å². The Morgan fingerprint density at radius 2 is 2.20 bits per heavy atom. The SMILES string of the molecule is CCCCC(=O)NSCC. The van der Waals surface area contributed by atoms with Gasteiger partial charge in [-0.1, -0.05) is 32.2 Å². The molecule has 0 unspecified atom stereocenters. The van der Waals surface area contributed by atoms with Crippen LogP contribution in [0.15, 0.2) is 0 Å². The number of nitrogens with one attached hydrogen (secondary N) is 1. The minimum Gasteiger partial charge on any atom is -0.300 e. The third kappa shape index (κ3) is 5.95. The zero-order valence-corrected chi connectivity index (χ0v) is 7.46. The van der Waals surface area contributed by atoms with Crippen LogP contribution >= 0.6 is 11.9 Å². The van der Waals surface area contributed by atoms with E-state index in [2.05, 4.69) is 11.6 Å². The summed E-state index contributed by atoms with van der Waals surface area (Å²) in [5.41, 5.74) is 0. The van der Waals surface area contributed by atoms with Gasteiger partial charge in [-0.3, -0.25) is 4.79 Å². The summed E-state index contributed by atoms with van der Waals surface area (Å²) < 4.78 is 2.74. The summed E-state index contributed by atoms with van der Waals surface area (Å²) >= 11 is 1.47. The summed E-state index contributed by atoms with van der Waals surface area (Å²) in [4.78, 5) is 10.8. The van der Waals surface area contributed by atoms with Crippen LogP contribution in [0.3, 0.4) is 0 Å². The van der Waals surface area contributed by atoms with E-state index in [1.807, 2.05) is 6.92 Å². The van der Waals surface area contributed by atoms with Gasteiger partial charge in [0.05, 0.1) is 0 Å². The first-order chi connectivity index (χ1) is 4.81. The molecule has 60 valence electrons. The summed E-state index contributed by atoms with van der Waals surface area (Å²) in [7, 11) is 0. The minimum absolute atomic E-state index is 0.161. The average Bonchev–Trinajstić information content (AvgIpc) is 1.97. The van der Waals surface area contributed by atoms with Crippen LogP contribution in [-0.2, 0) is 4.79 Å². The summed E-state index contributed by atoms with van der Waals surface area (Å²) in [5.74, 6) is 1.10. The Kier molecular flexibility index (Phi) is 6.81. The summed E-state index contributed by atoms with van der Waals surface area (Å²) in [6.07, 6.45) is 2.75. The second kappa shape index (κ2) is 6.93. The number of unbranched alkanes of at least 4 members (excludes halogenated alkanes) is 1. The van der Waals surface area contributed by atoms with Crippen molar-refractivity contribution in [1.29, 1.82) is 0 Å². The standard InChI is InChI=1S/C7H15NOS/c1-3-5-6-7(9)8-10-4-2/h3-6H2,1-2H3,(H,8,9). The Morgan fingerprint density at radius 3 is 2.70 bits per heavy atom. The van der Waals surface area contributed by atoms with Gasteiger partial charge >= 0.3 is 0 Å². The lowest BCUT2D eigenvalue weighted by atomic mass is 10.2. The van der Waals surface area contributed by atoms with Crippen molar-refractivity contribution in [3.63, 3.8) is 0 Å². The van der Waals surface area contributed by atoms with E-state index < -0.39 is 0 Å². The van der Waals surface area contributed by atoms with Crippen LogP contribution in [0.1, 0.15) is 33.1 Å². The van der Waals surface area contributed by atoms with E-state index in [0.717, 1.165) is 18.6 Å². The molecule has 0 saturated carbocycles. The zero-order chi connectivity index (χ0) is 7.82. The normalized spacial score (nSPS) is 9.40. The van der Waals surface area contributed by atoms with Gasteiger partial charge in [0.25, 0.3) is 0 Å². The third-order valence-electron chi connectivity index (χ3n) is 1.09. The van der Waals surface area contributed by atoms with Crippen molar-refractivity contribution in [2.24, 2.45) is 0 Å². The van der Waals surface area contributed by atoms with Gasteiger partial charge < -0.3 is 4.72 Å². The predicted octanol–water partition coefficient (Wildman–Crippen LogP) is 1.96. The molecule has 2 nitrogen and oxygen atoms in total. The Morgan fingerprint density at radius 1 is 1.50 bits per heavy atom. The first-order valence-corrected chi connectivity index (χ1v) is 4.70. The van der Waals surface area contributed by atoms with Gasteiger partial charge in [-0.2, -0.15) is 0 Å². The van der Waals surface area contributed by atoms with E-state index in [-0.39, 0.29) is 5.91 Å². The molecule has 1 amide bonds. The number of hydrogen-bond donors (Lipinski definition) is 1. The topological polar surface area (TPSA) is 29.1 Å². The smallest absolute Gasteiger partial charge is 0.229 e. The van der Waals surface area contributed by atoms with Gasteiger partial charge in [0.1, 0.15) is 0 Å². The molecule has 0 aliphatic heterocycles. The fourth-order valence-corrected chi connectivity index (χ4v) is 0.948. The van der Waals surface area contributed by atoms with Crippen LogP contribution in [0.5, 0.6) is 0 Å². The van der Waals surface area contributed by atoms with Crippen molar-refractivity contribution in [3.8, 4) is 0 Å². The highest BCUT2D eigenvalue weighted by molar-refractivity contribution is 7.97. The number of hydrogen-bond acceptors (Lipinski definition) is 2. The summed E-state index contributed by atoms with van der Waals surface area (Å²) in [6, 6.07) is 0. The third-order valence-corrected chi connectivity index (χ3v) is 1.75. The Labute approximate surface area is 66.9 Å². The lowest BCUT2D eigenvalue weighted by Crippen LogP contribution is -2.14. The monoisotopic (exact) mass is 161 g/mol. The van der Waals surface area contributed by atoms with E-state index in [4.69, 9.17) is 0 Å². The first-order valence-electron chi connectivity index (χ1n) is 3.71. The van der Waals surface area contributed by atoms with Crippen LogP contribution < -0.4 is 4.72 Å². The number of amides is 1. The molecule has 0 spiro atoms. The van der Waals surface area contributed by atoms with Gasteiger partial charge in [0.2, 0.25) is 5.91 Å². The van der Waals surface area contributed by atoms with Crippen LogP contribution in [0.2, 0.25) is 0 Å². The van der Waals surface area contributed by atoms with E-state index in [1.165, 1.54) is 11.9 Å². The lowest BCUT2D eigenvalue weighted by Gasteiger charge is -1.99. The predicted molar refractivity (Wildman–Crippen MR) is 45.8 cm³/mol. The van der Waals surface area contributed by atoms with Crippen molar-refractivity contribution in [3.05, 3.63) is 0 Å². The van der Waals surface area contributed by atoms with Crippen LogP contribution in [0, 0.1) is 0 Å². The highest BCUT2D eigenvalue weighted by Gasteiger charge is 1.96. The quantitative estimate of drug-likeness (QED) is 0.624. The molecule has 0 rings (SSSR count). The molecule has 0 atom stereocenters. The lowest BCUT2D eigenvalue weighted by molar-refractivity contribution is -0.119. The van der Waals surface area contributed by atoms with Gasteiger partial charge in [-0.05, 0) is 6.42 Å². The van der Waals surface area contributed by atoms with Crippen LogP contribution in [-0.4, -0.2) is 11.7 Å². The molecule has 0 fully saturated rings. The highest BCUT2D eigenvalue weighted by Crippen LogP contribution is 1.97. The molecule has 0 bridgehead atoms. The molecule has 0 aromatic carbocycles. The van der Waals surface area contributed by atoms with E-state index in [0.29, 0.717) is 6.42 Å². The van der Waals surface area contributed by atoms with E-state index in [9.17, 15) is 4.79 Å². The molecule has 0 aromatic heterocycles. The fraction of sp³-hybridized carbons (Fsp3) is 0.857. The van der Waals surface area contributed by atoms with Gasteiger partial charge in [-0.25, -0.2) is 0 Å². The molecule has 0 saturated heterocycles. The number of carbonyl (C=O) groups is 1.